The minimum atomic E-state index is -4.42. The van der Waals surface area contributed by atoms with Crippen molar-refractivity contribution in [3.63, 3.8) is 0 Å². The van der Waals surface area contributed by atoms with Gasteiger partial charge in [-0.2, -0.15) is 23.3 Å². The number of fused-ring (bicyclic) bond motifs is 1. The number of hydrogen-bond donors (Lipinski definition) is 2. The van der Waals surface area contributed by atoms with E-state index in [1.54, 1.807) is 17.5 Å². The number of hydrogen-bond acceptors (Lipinski definition) is 6. The van der Waals surface area contributed by atoms with Gasteiger partial charge in [-0.3, -0.25) is 4.79 Å². The van der Waals surface area contributed by atoms with Gasteiger partial charge in [0.1, 0.15) is 11.2 Å². The molecule has 2 N–H and O–H groups in total. The molecule has 0 atom stereocenters. The van der Waals surface area contributed by atoms with Gasteiger partial charge in [0.15, 0.2) is 0 Å². The molecule has 32 heavy (non-hydrogen) atoms. The highest BCUT2D eigenvalue weighted by atomic mass is 19.4. The highest BCUT2D eigenvalue weighted by Crippen LogP contribution is 2.33. The van der Waals surface area contributed by atoms with Crippen LogP contribution in [0.4, 0.5) is 13.2 Å². The van der Waals surface area contributed by atoms with Crippen molar-refractivity contribution in [3.8, 4) is 22.8 Å². The predicted octanol–water partition coefficient (Wildman–Crippen LogP) is 3.53. The maximum atomic E-state index is 12.8. The van der Waals surface area contributed by atoms with Crippen molar-refractivity contribution in [2.45, 2.75) is 31.9 Å². The Balaban J connectivity index is 1.56. The smallest absolute Gasteiger partial charge is 0.333 e. The Bertz CT molecular complexity index is 1330. The summed E-state index contributed by atoms with van der Waals surface area (Å²) in [5.41, 5.74) is 1.72. The molecular weight excluding hydrogens is 425 g/mol. The number of aromatic amines is 1. The van der Waals surface area contributed by atoms with Gasteiger partial charge in [-0.15, -0.1) is 0 Å². The molecule has 0 saturated carbocycles. The standard InChI is InChI=1S/C21H19F3N6O2/c1-11-17(19-26-16(31)10-15(30(19)28-11)12-6-8-25-9-7-12)20-27-18(29-32-20)13-2-4-14(5-3-13)21(22,23)24/h2-5,10,12,25H,6-9H2,1H3,(H,26,31). The summed E-state index contributed by atoms with van der Waals surface area (Å²) in [5.74, 6) is 0.466. The molecular formula is C21H19F3N6O2. The van der Waals surface area contributed by atoms with Crippen LogP contribution in [0.1, 0.15) is 35.7 Å². The molecule has 1 aliphatic heterocycles. The van der Waals surface area contributed by atoms with Crippen molar-refractivity contribution in [2.75, 3.05) is 13.1 Å². The number of nitrogens with zero attached hydrogens (tertiary/aromatic N) is 4. The lowest BCUT2D eigenvalue weighted by Crippen LogP contribution is -2.28. The average molecular weight is 444 g/mol. The van der Waals surface area contributed by atoms with Gasteiger partial charge in [0.25, 0.3) is 11.4 Å². The first kappa shape index (κ1) is 20.4. The number of rotatable bonds is 3. The maximum absolute atomic E-state index is 12.8. The van der Waals surface area contributed by atoms with Crippen LogP contribution in [0.3, 0.4) is 0 Å². The number of nitrogens with one attached hydrogen (secondary N) is 2. The van der Waals surface area contributed by atoms with Crippen molar-refractivity contribution >= 4 is 5.65 Å². The van der Waals surface area contributed by atoms with Crippen LogP contribution >= 0.6 is 0 Å². The van der Waals surface area contributed by atoms with Gasteiger partial charge in [0.2, 0.25) is 5.82 Å². The van der Waals surface area contributed by atoms with Crippen molar-refractivity contribution in [1.82, 2.24) is 30.1 Å². The molecule has 0 bridgehead atoms. The van der Waals surface area contributed by atoms with Crippen LogP contribution in [0.25, 0.3) is 28.5 Å². The number of alkyl halides is 3. The van der Waals surface area contributed by atoms with Crippen molar-refractivity contribution in [3.05, 3.63) is 57.6 Å². The van der Waals surface area contributed by atoms with Crippen molar-refractivity contribution in [2.24, 2.45) is 0 Å². The van der Waals surface area contributed by atoms with Crippen LogP contribution in [-0.4, -0.2) is 37.8 Å². The number of benzene rings is 1. The highest BCUT2D eigenvalue weighted by molar-refractivity contribution is 5.75. The third kappa shape index (κ3) is 3.58. The fourth-order valence-electron chi connectivity index (χ4n) is 4.09. The van der Waals surface area contributed by atoms with E-state index in [4.69, 9.17) is 4.52 Å². The third-order valence-electron chi connectivity index (χ3n) is 5.69. The first-order chi connectivity index (χ1) is 15.3. The van der Waals surface area contributed by atoms with Gasteiger partial charge in [-0.05, 0) is 45.0 Å². The first-order valence-corrected chi connectivity index (χ1v) is 10.2. The molecule has 1 saturated heterocycles. The molecule has 1 fully saturated rings. The fourth-order valence-corrected chi connectivity index (χ4v) is 4.09. The van der Waals surface area contributed by atoms with Crippen LogP contribution in [0.15, 0.2) is 39.6 Å². The Morgan fingerprint density at radius 2 is 1.88 bits per heavy atom. The Morgan fingerprint density at radius 3 is 2.56 bits per heavy atom. The lowest BCUT2D eigenvalue weighted by Gasteiger charge is -2.23. The molecule has 11 heteroatoms. The second-order valence-corrected chi connectivity index (χ2v) is 7.80. The highest BCUT2D eigenvalue weighted by Gasteiger charge is 2.30. The van der Waals surface area contributed by atoms with Gasteiger partial charge in [-0.1, -0.05) is 17.3 Å². The summed E-state index contributed by atoms with van der Waals surface area (Å²) in [6.45, 7) is 3.51. The van der Waals surface area contributed by atoms with Gasteiger partial charge in [0, 0.05) is 17.5 Å². The molecule has 0 spiro atoms. The van der Waals surface area contributed by atoms with E-state index in [9.17, 15) is 18.0 Å². The molecule has 4 heterocycles. The predicted molar refractivity (Wildman–Crippen MR) is 109 cm³/mol. The number of halogens is 3. The molecule has 1 aromatic carbocycles. The first-order valence-electron chi connectivity index (χ1n) is 10.2. The second kappa shape index (κ2) is 7.59. The van der Waals surface area contributed by atoms with E-state index < -0.39 is 11.7 Å². The normalized spacial score (nSPS) is 15.5. The zero-order chi connectivity index (χ0) is 22.5. The van der Waals surface area contributed by atoms with Crippen molar-refractivity contribution < 1.29 is 17.7 Å². The number of aromatic nitrogens is 5. The summed E-state index contributed by atoms with van der Waals surface area (Å²) in [6.07, 6.45) is -2.63. The monoisotopic (exact) mass is 444 g/mol. The third-order valence-corrected chi connectivity index (χ3v) is 5.69. The summed E-state index contributed by atoms with van der Waals surface area (Å²) in [6, 6.07) is 6.08. The van der Waals surface area contributed by atoms with E-state index >= 15 is 0 Å². The van der Waals surface area contributed by atoms with E-state index in [-0.39, 0.29) is 23.2 Å². The molecule has 0 aliphatic carbocycles. The van der Waals surface area contributed by atoms with E-state index in [0.717, 1.165) is 43.8 Å². The van der Waals surface area contributed by atoms with E-state index in [0.29, 0.717) is 22.5 Å². The van der Waals surface area contributed by atoms with E-state index in [1.807, 2.05) is 0 Å². The van der Waals surface area contributed by atoms with Crippen LogP contribution < -0.4 is 10.9 Å². The van der Waals surface area contributed by atoms with Crippen molar-refractivity contribution in [1.29, 1.82) is 0 Å². The minimum absolute atomic E-state index is 0.130. The lowest BCUT2D eigenvalue weighted by molar-refractivity contribution is -0.137. The van der Waals surface area contributed by atoms with Crippen LogP contribution in [0, 0.1) is 6.92 Å². The Kier molecular flexibility index (Phi) is 4.85. The van der Waals surface area contributed by atoms with Crippen LogP contribution in [0.2, 0.25) is 0 Å². The summed E-state index contributed by atoms with van der Waals surface area (Å²) in [4.78, 5) is 19.6. The zero-order valence-corrected chi connectivity index (χ0v) is 17.0. The van der Waals surface area contributed by atoms with Gasteiger partial charge >= 0.3 is 6.18 Å². The average Bonchev–Trinajstić information content (AvgIpc) is 3.37. The summed E-state index contributed by atoms with van der Waals surface area (Å²) >= 11 is 0. The molecule has 0 amide bonds. The van der Waals surface area contributed by atoms with E-state index in [1.165, 1.54) is 12.1 Å². The molecule has 8 nitrogen and oxygen atoms in total. The SMILES string of the molecule is Cc1nn2c(C3CCNCC3)cc(=O)[nH]c2c1-c1nc(-c2ccc(C(F)(F)F)cc2)no1. The summed E-state index contributed by atoms with van der Waals surface area (Å²) in [5, 5.41) is 11.8. The molecule has 3 aromatic heterocycles. The lowest BCUT2D eigenvalue weighted by atomic mass is 9.94. The number of H-pyrrole nitrogens is 1. The molecule has 0 radical (unpaired) electrons. The largest absolute Gasteiger partial charge is 0.416 e. The minimum Gasteiger partial charge on any atom is -0.333 e. The molecule has 4 aromatic rings. The van der Waals surface area contributed by atoms with Gasteiger partial charge in [0.05, 0.1) is 17.0 Å². The fraction of sp³-hybridized carbons (Fsp3) is 0.333. The topological polar surface area (TPSA) is 101 Å². The van der Waals surface area contributed by atoms with Gasteiger partial charge in [-0.25, -0.2) is 4.52 Å². The van der Waals surface area contributed by atoms with Crippen LogP contribution in [-0.2, 0) is 6.18 Å². The number of aryl methyl sites for hydroxylation is 1. The summed E-state index contributed by atoms with van der Waals surface area (Å²) in [7, 11) is 0. The summed E-state index contributed by atoms with van der Waals surface area (Å²) < 4.78 is 45.6. The molecule has 1 aliphatic rings. The van der Waals surface area contributed by atoms with Gasteiger partial charge < -0.3 is 14.8 Å². The molecule has 166 valence electrons. The molecule has 0 unspecified atom stereocenters. The zero-order valence-electron chi connectivity index (χ0n) is 17.0. The second-order valence-electron chi connectivity index (χ2n) is 7.80. The Labute approximate surface area is 179 Å². The quantitative estimate of drug-likeness (QED) is 0.501. The van der Waals surface area contributed by atoms with E-state index in [2.05, 4.69) is 25.5 Å². The Morgan fingerprint density at radius 1 is 1.16 bits per heavy atom. The van der Waals surface area contributed by atoms with Crippen LogP contribution in [0.5, 0.6) is 0 Å². The maximum Gasteiger partial charge on any atom is 0.416 e. The Hall–Kier alpha value is -3.47. The number of piperidine rings is 1. The molecule has 5 rings (SSSR count).